The third-order valence-corrected chi connectivity index (χ3v) is 9.20. The van der Waals surface area contributed by atoms with Crippen LogP contribution in [0.1, 0.15) is 181 Å². The van der Waals surface area contributed by atoms with Crippen molar-refractivity contribution in [1.82, 2.24) is 4.90 Å². The summed E-state index contributed by atoms with van der Waals surface area (Å²) in [5.74, 6) is 3.19. The van der Waals surface area contributed by atoms with Gasteiger partial charge in [-0.3, -0.25) is 0 Å². The van der Waals surface area contributed by atoms with Crippen LogP contribution in [0.3, 0.4) is 0 Å². The highest BCUT2D eigenvalue weighted by Crippen LogP contribution is 2.48. The molecule has 35 heavy (non-hydrogen) atoms. The van der Waals surface area contributed by atoms with Gasteiger partial charge in [0.05, 0.1) is 0 Å². The zero-order chi connectivity index (χ0) is 25.6. The maximum atomic E-state index is 2.56. The van der Waals surface area contributed by atoms with E-state index in [1.165, 1.54) is 154 Å². The highest BCUT2D eigenvalue weighted by Gasteiger charge is 2.39. The molecule has 1 saturated carbocycles. The van der Waals surface area contributed by atoms with Gasteiger partial charge in [-0.25, -0.2) is 0 Å². The van der Waals surface area contributed by atoms with Gasteiger partial charge >= 0.3 is 0 Å². The summed E-state index contributed by atoms with van der Waals surface area (Å²) in [5.41, 5.74) is 0. The average molecular weight is 492 g/mol. The summed E-state index contributed by atoms with van der Waals surface area (Å²) in [5, 5.41) is 0. The molecule has 1 nitrogen and oxygen atoms in total. The second-order valence-corrected chi connectivity index (χ2v) is 12.8. The van der Waals surface area contributed by atoms with Crippen LogP contribution >= 0.6 is 0 Å². The number of hydrogen-bond donors (Lipinski definition) is 0. The van der Waals surface area contributed by atoms with Crippen LogP contribution in [-0.4, -0.2) is 25.0 Å². The van der Waals surface area contributed by atoms with Crippen molar-refractivity contribution in [2.24, 2.45) is 17.8 Å². The first-order valence-electron chi connectivity index (χ1n) is 16.8. The smallest absolute Gasteiger partial charge is 0.00891 e. The van der Waals surface area contributed by atoms with Crippen LogP contribution in [0.2, 0.25) is 0 Å². The Morgan fingerprint density at radius 1 is 0.543 bits per heavy atom. The van der Waals surface area contributed by atoms with Gasteiger partial charge in [-0.2, -0.15) is 0 Å². The Hall–Kier alpha value is -0.0400. The van der Waals surface area contributed by atoms with Gasteiger partial charge < -0.3 is 4.90 Å². The van der Waals surface area contributed by atoms with Crippen molar-refractivity contribution in [1.29, 1.82) is 0 Å². The zero-order valence-electron chi connectivity index (χ0n) is 25.4. The van der Waals surface area contributed by atoms with Gasteiger partial charge in [-0.05, 0) is 51.1 Å². The van der Waals surface area contributed by atoms with Crippen LogP contribution in [-0.2, 0) is 0 Å². The predicted octanol–water partition coefficient (Wildman–Crippen LogP) is 11.6. The minimum Gasteiger partial charge on any atom is -0.306 e. The molecule has 0 aromatic carbocycles. The molecule has 0 aromatic heterocycles. The maximum absolute atomic E-state index is 2.56. The Balaban J connectivity index is 1.92. The van der Waals surface area contributed by atoms with Crippen LogP contribution in [0.5, 0.6) is 0 Å². The van der Waals surface area contributed by atoms with Gasteiger partial charge in [-0.1, -0.05) is 162 Å². The van der Waals surface area contributed by atoms with E-state index in [0.717, 1.165) is 23.8 Å². The molecule has 0 N–H and O–H groups in total. The lowest BCUT2D eigenvalue weighted by atomic mass is 9.95. The quantitative estimate of drug-likeness (QED) is 0.103. The number of rotatable bonds is 27. The second kappa shape index (κ2) is 23.1. The van der Waals surface area contributed by atoms with E-state index in [-0.39, 0.29) is 0 Å². The van der Waals surface area contributed by atoms with Crippen molar-refractivity contribution in [3.8, 4) is 0 Å². The molecular weight excluding hydrogens is 422 g/mol. The number of unbranched alkanes of at least 4 members (excludes halogenated alkanes) is 17. The summed E-state index contributed by atoms with van der Waals surface area (Å²) in [6.45, 7) is 7.18. The van der Waals surface area contributed by atoms with E-state index in [1.54, 1.807) is 6.42 Å². The minimum absolute atomic E-state index is 0.818. The molecule has 0 heterocycles. The zero-order valence-corrected chi connectivity index (χ0v) is 25.4. The standard InChI is InChI=1S/C34H69N/c1-6-8-10-12-14-15-16-20-24-28-33(35(4)5)29-25-21-17-18-22-26-31(3)34-30-32(34)27-23-19-13-11-9-7-2/h31-34H,6-30H2,1-5H3/t31?,32-,33?,34+/m1/s1. The molecule has 4 atom stereocenters. The summed E-state index contributed by atoms with van der Waals surface area (Å²) in [7, 11) is 4.61. The Bertz CT molecular complexity index is 430. The maximum Gasteiger partial charge on any atom is 0.00891 e. The van der Waals surface area contributed by atoms with E-state index in [2.05, 4.69) is 39.8 Å². The van der Waals surface area contributed by atoms with Gasteiger partial charge in [0.15, 0.2) is 0 Å². The van der Waals surface area contributed by atoms with E-state index in [0.29, 0.717) is 0 Å². The first-order chi connectivity index (χ1) is 17.1. The topological polar surface area (TPSA) is 3.24 Å². The molecule has 1 aliphatic carbocycles. The third-order valence-electron chi connectivity index (χ3n) is 9.20. The fraction of sp³-hybridized carbons (Fsp3) is 1.00. The van der Waals surface area contributed by atoms with Crippen molar-refractivity contribution < 1.29 is 0 Å². The lowest BCUT2D eigenvalue weighted by Gasteiger charge is -2.24. The first kappa shape index (κ1) is 33.0. The Labute approximate surface area is 224 Å². The van der Waals surface area contributed by atoms with E-state index < -0.39 is 0 Å². The van der Waals surface area contributed by atoms with Crippen LogP contribution in [0, 0.1) is 17.8 Å². The SMILES string of the molecule is CCCCCCCCCCCC(CCCCCCCC(C)[C@@H]1C[C@H]1CCCCCCCC)N(C)C. The highest BCUT2D eigenvalue weighted by molar-refractivity contribution is 4.89. The molecule has 0 aromatic rings. The monoisotopic (exact) mass is 492 g/mol. The summed E-state index contributed by atoms with van der Waals surface area (Å²) in [6, 6.07) is 0.818. The normalized spacial score (nSPS) is 19.4. The third kappa shape index (κ3) is 18.8. The molecular formula is C34H69N. The fourth-order valence-corrected chi connectivity index (χ4v) is 6.43. The van der Waals surface area contributed by atoms with E-state index in [4.69, 9.17) is 0 Å². The van der Waals surface area contributed by atoms with Crippen molar-refractivity contribution in [2.45, 2.75) is 187 Å². The molecule has 0 saturated heterocycles. The van der Waals surface area contributed by atoms with Crippen LogP contribution in [0.15, 0.2) is 0 Å². The van der Waals surface area contributed by atoms with Gasteiger partial charge in [0.25, 0.3) is 0 Å². The second-order valence-electron chi connectivity index (χ2n) is 12.8. The highest BCUT2D eigenvalue weighted by atomic mass is 15.1. The predicted molar refractivity (Wildman–Crippen MR) is 160 cm³/mol. The van der Waals surface area contributed by atoms with E-state index in [9.17, 15) is 0 Å². The molecule has 2 unspecified atom stereocenters. The molecule has 0 aliphatic heterocycles. The van der Waals surface area contributed by atoms with Gasteiger partial charge in [0.2, 0.25) is 0 Å². The number of hydrogen-bond acceptors (Lipinski definition) is 1. The van der Waals surface area contributed by atoms with E-state index in [1.807, 2.05) is 0 Å². The van der Waals surface area contributed by atoms with Crippen LogP contribution in [0.25, 0.3) is 0 Å². The van der Waals surface area contributed by atoms with Crippen LogP contribution < -0.4 is 0 Å². The molecule has 0 radical (unpaired) electrons. The molecule has 1 fully saturated rings. The van der Waals surface area contributed by atoms with E-state index >= 15 is 0 Å². The minimum atomic E-state index is 0.818. The molecule has 0 spiro atoms. The molecule has 1 heteroatoms. The molecule has 1 aliphatic rings. The Morgan fingerprint density at radius 2 is 0.943 bits per heavy atom. The Kier molecular flexibility index (Phi) is 21.8. The summed E-state index contributed by atoms with van der Waals surface area (Å²) in [4.78, 5) is 2.50. The largest absolute Gasteiger partial charge is 0.306 e. The Morgan fingerprint density at radius 3 is 1.40 bits per heavy atom. The van der Waals surface area contributed by atoms with Gasteiger partial charge in [0.1, 0.15) is 0 Å². The molecule has 0 bridgehead atoms. The number of nitrogens with zero attached hydrogens (tertiary/aromatic N) is 1. The summed E-state index contributed by atoms with van der Waals surface area (Å²) in [6.07, 6.45) is 36.5. The summed E-state index contributed by atoms with van der Waals surface area (Å²) >= 11 is 0. The van der Waals surface area contributed by atoms with Crippen molar-refractivity contribution in [3.05, 3.63) is 0 Å². The molecule has 0 amide bonds. The molecule has 1 rings (SSSR count). The molecule has 210 valence electrons. The summed E-state index contributed by atoms with van der Waals surface area (Å²) < 4.78 is 0. The van der Waals surface area contributed by atoms with Gasteiger partial charge in [-0.15, -0.1) is 0 Å². The average Bonchev–Trinajstić information content (AvgIpc) is 3.62. The lowest BCUT2D eigenvalue weighted by molar-refractivity contribution is 0.251. The first-order valence-corrected chi connectivity index (χ1v) is 16.8. The van der Waals surface area contributed by atoms with Crippen LogP contribution in [0.4, 0.5) is 0 Å². The lowest BCUT2D eigenvalue weighted by Crippen LogP contribution is -2.27. The van der Waals surface area contributed by atoms with Gasteiger partial charge in [0, 0.05) is 6.04 Å². The van der Waals surface area contributed by atoms with Crippen molar-refractivity contribution in [2.75, 3.05) is 14.1 Å². The van der Waals surface area contributed by atoms with Crippen molar-refractivity contribution in [3.63, 3.8) is 0 Å². The fourth-order valence-electron chi connectivity index (χ4n) is 6.43. The van der Waals surface area contributed by atoms with Crippen molar-refractivity contribution >= 4 is 0 Å².